The summed E-state index contributed by atoms with van der Waals surface area (Å²) >= 11 is 0. The van der Waals surface area contributed by atoms with E-state index in [0.717, 1.165) is 50.2 Å². The predicted octanol–water partition coefficient (Wildman–Crippen LogP) is 8.83. The molecule has 0 aliphatic heterocycles. The van der Waals surface area contributed by atoms with Gasteiger partial charge in [0.1, 0.15) is 12.1 Å². The highest BCUT2D eigenvalue weighted by molar-refractivity contribution is 6.13. The fourth-order valence-corrected chi connectivity index (χ4v) is 6.71. The van der Waals surface area contributed by atoms with Gasteiger partial charge in [-0.2, -0.15) is 10.5 Å². The third-order valence-corrected chi connectivity index (χ3v) is 8.53. The first kappa shape index (κ1) is 23.3. The van der Waals surface area contributed by atoms with E-state index in [-0.39, 0.29) is 0 Å². The van der Waals surface area contributed by atoms with Gasteiger partial charge in [0.15, 0.2) is 0 Å². The SMILES string of the molecule is CC1C=Cc2c(n(-c3ccc(-n4c5ccccc5c5cc6ccccc6cc54)c(C#N)c3C#N)c3ccccc23)C1. The molecule has 1 atom stereocenters. The summed E-state index contributed by atoms with van der Waals surface area (Å²) in [5.74, 6) is 0.387. The monoisotopic (exact) mass is 524 g/mol. The maximum absolute atomic E-state index is 10.6. The maximum atomic E-state index is 10.6. The number of aromatic nitrogens is 2. The van der Waals surface area contributed by atoms with E-state index in [0.29, 0.717) is 22.7 Å². The average Bonchev–Trinajstić information content (AvgIpc) is 3.50. The van der Waals surface area contributed by atoms with Gasteiger partial charge in [-0.05, 0) is 59.5 Å². The van der Waals surface area contributed by atoms with Crippen molar-refractivity contribution < 1.29 is 0 Å². The number of benzene rings is 5. The highest BCUT2D eigenvalue weighted by Gasteiger charge is 2.25. The number of rotatable bonds is 2. The van der Waals surface area contributed by atoms with Crippen LogP contribution in [0.3, 0.4) is 0 Å². The quantitative estimate of drug-likeness (QED) is 0.227. The fourth-order valence-electron chi connectivity index (χ4n) is 6.71. The first-order chi connectivity index (χ1) is 20.2. The van der Waals surface area contributed by atoms with Crippen molar-refractivity contribution in [1.29, 1.82) is 10.5 Å². The van der Waals surface area contributed by atoms with Crippen LogP contribution in [0.15, 0.2) is 103 Å². The van der Waals surface area contributed by atoms with E-state index in [1.165, 1.54) is 16.6 Å². The standard InChI is InChI=1S/C37H24N4/c1-23-14-15-28-26-10-4-6-12-32(26)40(36(28)18-23)34-16-17-35(31(22-39)30(34)21-38)41-33-13-7-5-11-27(33)29-19-24-8-2-3-9-25(24)20-37(29)41/h2-17,19-20,23H,18H2,1H3. The molecule has 0 saturated carbocycles. The normalized spacial score (nSPS) is 14.5. The summed E-state index contributed by atoms with van der Waals surface area (Å²) < 4.78 is 4.35. The van der Waals surface area contributed by atoms with Crippen LogP contribution in [0.5, 0.6) is 0 Å². The molecule has 5 aromatic carbocycles. The largest absolute Gasteiger partial charge is 0.312 e. The molecule has 0 N–H and O–H groups in total. The van der Waals surface area contributed by atoms with Crippen LogP contribution in [0.25, 0.3) is 60.9 Å². The second kappa shape index (κ2) is 8.71. The smallest absolute Gasteiger partial charge is 0.103 e. The molecule has 0 radical (unpaired) electrons. The summed E-state index contributed by atoms with van der Waals surface area (Å²) in [7, 11) is 0. The van der Waals surface area contributed by atoms with Crippen molar-refractivity contribution in [1.82, 2.24) is 9.13 Å². The highest BCUT2D eigenvalue weighted by Crippen LogP contribution is 2.40. The second-order valence-electron chi connectivity index (χ2n) is 10.9. The molecule has 0 fully saturated rings. The summed E-state index contributed by atoms with van der Waals surface area (Å²) in [6, 6.07) is 38.3. The van der Waals surface area contributed by atoms with Gasteiger partial charge in [0.05, 0.1) is 39.1 Å². The van der Waals surface area contributed by atoms with Gasteiger partial charge < -0.3 is 9.13 Å². The molecule has 0 amide bonds. The third-order valence-electron chi connectivity index (χ3n) is 8.53. The van der Waals surface area contributed by atoms with Crippen LogP contribution in [-0.4, -0.2) is 9.13 Å². The summed E-state index contributed by atoms with van der Waals surface area (Å²) in [5, 5.41) is 26.9. The van der Waals surface area contributed by atoms with Gasteiger partial charge in [0.2, 0.25) is 0 Å². The van der Waals surface area contributed by atoms with Crippen molar-refractivity contribution in [3.05, 3.63) is 126 Å². The molecule has 41 heavy (non-hydrogen) atoms. The van der Waals surface area contributed by atoms with Crippen molar-refractivity contribution in [2.75, 3.05) is 0 Å². The Balaban J connectivity index is 1.46. The average molecular weight is 525 g/mol. The van der Waals surface area contributed by atoms with Crippen LogP contribution in [0.1, 0.15) is 29.3 Å². The third kappa shape index (κ3) is 3.26. The Morgan fingerprint density at radius 3 is 1.93 bits per heavy atom. The maximum Gasteiger partial charge on any atom is 0.103 e. The van der Waals surface area contributed by atoms with Crippen LogP contribution in [-0.2, 0) is 6.42 Å². The molecule has 1 aliphatic carbocycles. The van der Waals surface area contributed by atoms with Crippen LogP contribution >= 0.6 is 0 Å². The lowest BCUT2D eigenvalue weighted by atomic mass is 9.94. The molecule has 7 aromatic rings. The number of allylic oxidation sites excluding steroid dienone is 1. The van der Waals surface area contributed by atoms with Crippen LogP contribution in [0, 0.1) is 28.6 Å². The van der Waals surface area contributed by atoms with Gasteiger partial charge >= 0.3 is 0 Å². The molecule has 4 heteroatoms. The molecular formula is C37H24N4. The minimum atomic E-state index is 0.381. The lowest BCUT2D eigenvalue weighted by molar-refractivity contribution is 0.690. The molecule has 0 spiro atoms. The van der Waals surface area contributed by atoms with Crippen molar-refractivity contribution in [2.24, 2.45) is 5.92 Å². The van der Waals surface area contributed by atoms with Gasteiger partial charge in [0.25, 0.3) is 0 Å². The van der Waals surface area contributed by atoms with E-state index in [4.69, 9.17) is 0 Å². The summed E-state index contributed by atoms with van der Waals surface area (Å²) in [6.07, 6.45) is 5.32. The molecule has 1 aliphatic rings. The molecular weight excluding hydrogens is 500 g/mol. The number of nitriles is 2. The summed E-state index contributed by atoms with van der Waals surface area (Å²) in [6.45, 7) is 2.21. The van der Waals surface area contributed by atoms with Crippen molar-refractivity contribution >= 4 is 49.6 Å². The molecule has 192 valence electrons. The Morgan fingerprint density at radius 2 is 1.22 bits per heavy atom. The number of fused-ring (bicyclic) bond motifs is 7. The van der Waals surface area contributed by atoms with Crippen molar-refractivity contribution in [2.45, 2.75) is 13.3 Å². The van der Waals surface area contributed by atoms with Crippen LogP contribution in [0.2, 0.25) is 0 Å². The number of hydrogen-bond donors (Lipinski definition) is 0. The van der Waals surface area contributed by atoms with Crippen LogP contribution < -0.4 is 0 Å². The topological polar surface area (TPSA) is 57.4 Å². The van der Waals surface area contributed by atoms with Gasteiger partial charge in [-0.3, -0.25) is 0 Å². The van der Waals surface area contributed by atoms with E-state index in [2.05, 4.69) is 101 Å². The Labute approximate surface area is 237 Å². The Hall–Kier alpha value is -5.58. The minimum Gasteiger partial charge on any atom is -0.312 e. The molecule has 4 nitrogen and oxygen atoms in total. The molecule has 0 saturated heterocycles. The lowest BCUT2D eigenvalue weighted by Crippen LogP contribution is -2.11. The zero-order valence-corrected chi connectivity index (χ0v) is 22.5. The van der Waals surface area contributed by atoms with Gasteiger partial charge in [-0.15, -0.1) is 0 Å². The van der Waals surface area contributed by atoms with E-state index in [1.54, 1.807) is 0 Å². The Morgan fingerprint density at radius 1 is 0.634 bits per heavy atom. The lowest BCUT2D eigenvalue weighted by Gasteiger charge is -2.19. The Kier molecular flexibility index (Phi) is 4.96. The first-order valence-electron chi connectivity index (χ1n) is 13.9. The second-order valence-corrected chi connectivity index (χ2v) is 10.9. The van der Waals surface area contributed by atoms with E-state index in [9.17, 15) is 10.5 Å². The first-order valence-corrected chi connectivity index (χ1v) is 13.9. The van der Waals surface area contributed by atoms with Crippen LogP contribution in [0.4, 0.5) is 0 Å². The minimum absolute atomic E-state index is 0.381. The fraction of sp³-hybridized carbons (Fsp3) is 0.0811. The predicted molar refractivity (Wildman–Crippen MR) is 166 cm³/mol. The van der Waals surface area contributed by atoms with Gasteiger partial charge in [-0.1, -0.05) is 79.7 Å². The molecule has 8 rings (SSSR count). The number of hydrogen-bond acceptors (Lipinski definition) is 2. The van der Waals surface area contributed by atoms with Crippen molar-refractivity contribution in [3.8, 4) is 23.5 Å². The van der Waals surface area contributed by atoms with Gasteiger partial charge in [-0.25, -0.2) is 0 Å². The van der Waals surface area contributed by atoms with Crippen molar-refractivity contribution in [3.63, 3.8) is 0 Å². The number of nitrogens with zero attached hydrogens (tertiary/aromatic N) is 4. The van der Waals surface area contributed by atoms with Gasteiger partial charge in [0, 0.05) is 27.4 Å². The van der Waals surface area contributed by atoms with E-state index >= 15 is 0 Å². The summed E-state index contributed by atoms with van der Waals surface area (Å²) in [4.78, 5) is 0. The zero-order chi connectivity index (χ0) is 27.7. The molecule has 1 unspecified atom stereocenters. The molecule has 2 heterocycles. The summed E-state index contributed by atoms with van der Waals surface area (Å²) in [5.41, 5.74) is 7.68. The molecule has 2 aromatic heterocycles. The number of para-hydroxylation sites is 2. The molecule has 0 bridgehead atoms. The highest BCUT2D eigenvalue weighted by atomic mass is 15.0. The Bertz CT molecular complexity index is 2330. The van der Waals surface area contributed by atoms with E-state index < -0.39 is 0 Å². The zero-order valence-electron chi connectivity index (χ0n) is 22.5. The van der Waals surface area contributed by atoms with E-state index in [1.807, 2.05) is 36.4 Å².